The van der Waals surface area contributed by atoms with E-state index in [1.807, 2.05) is 0 Å². The van der Waals surface area contributed by atoms with Crippen LogP contribution in [-0.4, -0.2) is 0 Å². The van der Waals surface area contributed by atoms with E-state index in [9.17, 15) is 0 Å². The van der Waals surface area contributed by atoms with Gasteiger partial charge in [-0.1, -0.05) is 231 Å². The third kappa shape index (κ3) is 8.10. The second-order valence-corrected chi connectivity index (χ2v) is 19.6. The Morgan fingerprint density at radius 3 is 1.33 bits per heavy atom. The van der Waals surface area contributed by atoms with Crippen molar-refractivity contribution in [3.63, 3.8) is 0 Å². The molecule has 13 aromatic carbocycles. The summed E-state index contributed by atoms with van der Waals surface area (Å²) in [7, 11) is 0. The van der Waals surface area contributed by atoms with E-state index in [1.165, 1.54) is 77.2 Å². The van der Waals surface area contributed by atoms with Crippen molar-refractivity contribution in [1.29, 1.82) is 0 Å². The molecule has 1 aromatic heterocycles. The van der Waals surface area contributed by atoms with Crippen molar-refractivity contribution in [1.82, 2.24) is 0 Å². The second kappa shape index (κ2) is 19.1. The van der Waals surface area contributed by atoms with E-state index in [2.05, 4.69) is 302 Å². The highest BCUT2D eigenvalue weighted by Gasteiger charge is 2.23. The fourth-order valence-electron chi connectivity index (χ4n) is 11.4. The summed E-state index contributed by atoms with van der Waals surface area (Å²) in [4.78, 5) is 2.40. The predicted octanol–water partition coefficient (Wildman–Crippen LogP) is 21.0. The standard InChI is InChI=1S/C74H49NO/c1-3-18-50(19-4-1)58-47-59(51-20-5-2-6-21-51)49-60(48-58)67-31-12-11-29-64(67)55-38-42-62(43-39-55)75(61-40-36-52(37-41-61)56-26-15-27-57(46-56)66-33-16-24-53-22-7-9-28-63(53)66)71-45-44-69(68-34-17-25-54-23-8-10-30-65(54)68)74-73(71)70-32-13-14-35-72(70)76-74/h1-49H. The van der Waals surface area contributed by atoms with Crippen LogP contribution in [0.1, 0.15) is 0 Å². The first-order valence-corrected chi connectivity index (χ1v) is 26.1. The Morgan fingerprint density at radius 2 is 0.671 bits per heavy atom. The van der Waals surface area contributed by atoms with Gasteiger partial charge in [0, 0.05) is 22.3 Å². The van der Waals surface area contributed by atoms with Crippen LogP contribution in [0, 0.1) is 0 Å². The number of nitrogens with zero attached hydrogens (tertiary/aromatic N) is 1. The fourth-order valence-corrected chi connectivity index (χ4v) is 11.4. The lowest BCUT2D eigenvalue weighted by Crippen LogP contribution is -2.10. The monoisotopic (exact) mass is 967 g/mol. The molecule has 356 valence electrons. The quantitative estimate of drug-likeness (QED) is 0.136. The first-order valence-electron chi connectivity index (χ1n) is 26.1. The van der Waals surface area contributed by atoms with Crippen LogP contribution in [0.5, 0.6) is 0 Å². The lowest BCUT2D eigenvalue weighted by Gasteiger charge is -2.27. The van der Waals surface area contributed by atoms with E-state index in [4.69, 9.17) is 4.42 Å². The average Bonchev–Trinajstić information content (AvgIpc) is 3.92. The highest BCUT2D eigenvalue weighted by atomic mass is 16.3. The SMILES string of the molecule is c1ccc(-c2cc(-c3ccccc3)cc(-c3ccccc3-c3ccc(N(c4ccc(-c5cccc(-c6cccc7ccccc67)c5)cc4)c4ccc(-c5cccc6ccccc56)c5oc6ccccc6c45)cc3)c2)cc1. The van der Waals surface area contributed by atoms with E-state index in [1.54, 1.807) is 0 Å². The van der Waals surface area contributed by atoms with Crippen molar-refractivity contribution >= 4 is 60.5 Å². The molecule has 2 nitrogen and oxygen atoms in total. The van der Waals surface area contributed by atoms with Gasteiger partial charge in [0.15, 0.2) is 0 Å². The zero-order valence-electron chi connectivity index (χ0n) is 41.6. The van der Waals surface area contributed by atoms with E-state index < -0.39 is 0 Å². The van der Waals surface area contributed by atoms with Gasteiger partial charge in [0.2, 0.25) is 0 Å². The summed E-state index contributed by atoms with van der Waals surface area (Å²) in [5, 5.41) is 7.01. The van der Waals surface area contributed by atoms with Gasteiger partial charge in [-0.25, -0.2) is 0 Å². The molecule has 0 aliphatic rings. The van der Waals surface area contributed by atoms with Gasteiger partial charge in [-0.3, -0.25) is 0 Å². The minimum Gasteiger partial charge on any atom is -0.455 e. The van der Waals surface area contributed by atoms with Crippen molar-refractivity contribution in [3.05, 3.63) is 297 Å². The zero-order chi connectivity index (χ0) is 50.4. The van der Waals surface area contributed by atoms with Crippen LogP contribution in [0.15, 0.2) is 302 Å². The number of fused-ring (bicyclic) bond motifs is 5. The van der Waals surface area contributed by atoms with Crippen LogP contribution in [0.2, 0.25) is 0 Å². The van der Waals surface area contributed by atoms with Crippen molar-refractivity contribution in [2.75, 3.05) is 4.90 Å². The maximum absolute atomic E-state index is 6.98. The van der Waals surface area contributed by atoms with Crippen molar-refractivity contribution < 1.29 is 4.42 Å². The summed E-state index contributed by atoms with van der Waals surface area (Å²) in [6, 6.07) is 108. The molecule has 0 radical (unpaired) electrons. The van der Waals surface area contributed by atoms with Crippen LogP contribution >= 0.6 is 0 Å². The van der Waals surface area contributed by atoms with Crippen LogP contribution in [0.4, 0.5) is 17.1 Å². The Hall–Kier alpha value is -10.0. The third-order valence-corrected chi connectivity index (χ3v) is 15.1. The third-order valence-electron chi connectivity index (χ3n) is 15.1. The molecule has 0 saturated heterocycles. The molecule has 0 bridgehead atoms. The second-order valence-electron chi connectivity index (χ2n) is 19.6. The smallest absolute Gasteiger partial charge is 0.145 e. The summed E-state index contributed by atoms with van der Waals surface area (Å²) in [6.45, 7) is 0. The topological polar surface area (TPSA) is 16.4 Å². The first-order chi connectivity index (χ1) is 37.7. The van der Waals surface area contributed by atoms with Crippen molar-refractivity contribution in [3.8, 4) is 77.9 Å². The Balaban J connectivity index is 0.913. The van der Waals surface area contributed by atoms with Gasteiger partial charge in [0.05, 0.1) is 11.1 Å². The van der Waals surface area contributed by atoms with Crippen molar-refractivity contribution in [2.45, 2.75) is 0 Å². The molecule has 76 heavy (non-hydrogen) atoms. The number of rotatable bonds is 10. The minimum atomic E-state index is 0.853. The molecular formula is C74H49NO. The summed E-state index contributed by atoms with van der Waals surface area (Å²) < 4.78 is 6.98. The van der Waals surface area contributed by atoms with Gasteiger partial charge in [-0.2, -0.15) is 0 Å². The van der Waals surface area contributed by atoms with Gasteiger partial charge in [-0.15, -0.1) is 0 Å². The first kappa shape index (κ1) is 44.7. The summed E-state index contributed by atoms with van der Waals surface area (Å²) in [6.07, 6.45) is 0. The number of para-hydroxylation sites is 1. The van der Waals surface area contributed by atoms with Crippen LogP contribution in [0.25, 0.3) is 121 Å². The molecule has 0 saturated carbocycles. The Kier molecular flexibility index (Phi) is 11.2. The predicted molar refractivity (Wildman–Crippen MR) is 321 cm³/mol. The van der Waals surface area contributed by atoms with Crippen LogP contribution in [-0.2, 0) is 0 Å². The van der Waals surface area contributed by atoms with Crippen LogP contribution < -0.4 is 4.90 Å². The number of furan rings is 1. The Labute approximate surface area is 442 Å². The lowest BCUT2D eigenvalue weighted by molar-refractivity contribution is 0.670. The van der Waals surface area contributed by atoms with Gasteiger partial charge in [0.1, 0.15) is 11.2 Å². The van der Waals surface area contributed by atoms with E-state index >= 15 is 0 Å². The largest absolute Gasteiger partial charge is 0.455 e. The molecular weight excluding hydrogens is 919 g/mol. The summed E-state index contributed by atoms with van der Waals surface area (Å²) in [5.74, 6) is 0. The molecule has 0 aliphatic heterocycles. The number of benzene rings is 13. The van der Waals surface area contributed by atoms with E-state index in [0.29, 0.717) is 0 Å². The molecule has 2 heteroatoms. The maximum Gasteiger partial charge on any atom is 0.145 e. The zero-order valence-corrected chi connectivity index (χ0v) is 41.6. The maximum atomic E-state index is 6.98. The molecule has 0 atom stereocenters. The normalized spacial score (nSPS) is 11.4. The number of anilines is 3. The van der Waals surface area contributed by atoms with Crippen LogP contribution in [0.3, 0.4) is 0 Å². The number of hydrogen-bond acceptors (Lipinski definition) is 2. The van der Waals surface area contributed by atoms with Gasteiger partial charge in [-0.05, 0) is 161 Å². The molecule has 0 unspecified atom stereocenters. The van der Waals surface area contributed by atoms with Gasteiger partial charge in [0.25, 0.3) is 0 Å². The highest BCUT2D eigenvalue weighted by Crippen LogP contribution is 2.48. The molecule has 0 aliphatic carbocycles. The molecule has 0 amide bonds. The van der Waals surface area contributed by atoms with Gasteiger partial charge < -0.3 is 9.32 Å². The molecule has 0 N–H and O–H groups in total. The fraction of sp³-hybridized carbons (Fsp3) is 0. The lowest BCUT2D eigenvalue weighted by atomic mass is 9.89. The molecule has 14 aromatic rings. The van der Waals surface area contributed by atoms with E-state index in [-0.39, 0.29) is 0 Å². The number of hydrogen-bond donors (Lipinski definition) is 0. The minimum absolute atomic E-state index is 0.853. The van der Waals surface area contributed by atoms with Gasteiger partial charge >= 0.3 is 0 Å². The Morgan fingerprint density at radius 1 is 0.237 bits per heavy atom. The molecule has 1 heterocycles. The molecule has 0 fully saturated rings. The Bertz CT molecular complexity index is 4370. The van der Waals surface area contributed by atoms with E-state index in [0.717, 1.165) is 61.3 Å². The van der Waals surface area contributed by atoms with Crippen molar-refractivity contribution in [2.24, 2.45) is 0 Å². The average molecular weight is 968 g/mol. The summed E-state index contributed by atoms with van der Waals surface area (Å²) in [5.41, 5.74) is 21.2. The molecule has 14 rings (SSSR count). The molecule has 0 spiro atoms. The summed E-state index contributed by atoms with van der Waals surface area (Å²) >= 11 is 0. The highest BCUT2D eigenvalue weighted by molar-refractivity contribution is 6.18.